The van der Waals surface area contributed by atoms with Gasteiger partial charge in [-0.25, -0.2) is 19.0 Å². The molecule has 4 aromatic rings. The second-order valence-electron chi connectivity index (χ2n) is 5.37. The van der Waals surface area contributed by atoms with E-state index in [0.717, 1.165) is 27.3 Å². The molecule has 0 radical (unpaired) electrons. The minimum Gasteiger partial charge on any atom is -0.229 e. The van der Waals surface area contributed by atoms with E-state index in [4.69, 9.17) is 11.6 Å². The van der Waals surface area contributed by atoms with Gasteiger partial charge in [0.1, 0.15) is 17.2 Å². The quantitative estimate of drug-likeness (QED) is 0.378. The third-order valence-electron chi connectivity index (χ3n) is 3.67. The fourth-order valence-corrected chi connectivity index (χ4v) is 3.52. The van der Waals surface area contributed by atoms with Crippen LogP contribution in [0.5, 0.6) is 0 Å². The van der Waals surface area contributed by atoms with Crippen molar-refractivity contribution in [2.45, 2.75) is 10.8 Å². The highest BCUT2D eigenvalue weighted by molar-refractivity contribution is 7.98. The molecule has 0 aliphatic carbocycles. The second kappa shape index (κ2) is 6.82. The summed E-state index contributed by atoms with van der Waals surface area (Å²) in [5.74, 6) is 0.386. The Kier molecular flexibility index (Phi) is 4.38. The van der Waals surface area contributed by atoms with Gasteiger partial charge in [0.25, 0.3) is 0 Å². The second-order valence-corrected chi connectivity index (χ2v) is 6.77. The van der Waals surface area contributed by atoms with Gasteiger partial charge in [-0.3, -0.25) is 0 Å². The molecule has 0 unspecified atom stereocenters. The van der Waals surface area contributed by atoms with Gasteiger partial charge in [-0.1, -0.05) is 23.7 Å². The molecular weight excluding hydrogens is 359 g/mol. The third-order valence-corrected chi connectivity index (χ3v) is 4.99. The number of nitrogens with zero attached hydrogens (tertiary/aromatic N) is 4. The molecule has 0 bridgehead atoms. The lowest BCUT2D eigenvalue weighted by Crippen LogP contribution is -1.97. The lowest BCUT2D eigenvalue weighted by atomic mass is 10.2. The van der Waals surface area contributed by atoms with Crippen molar-refractivity contribution in [2.24, 2.45) is 0 Å². The van der Waals surface area contributed by atoms with Gasteiger partial charge in [0, 0.05) is 10.8 Å². The highest BCUT2D eigenvalue weighted by atomic mass is 35.5. The van der Waals surface area contributed by atoms with Gasteiger partial charge in [0.15, 0.2) is 5.65 Å². The lowest BCUT2D eigenvalue weighted by molar-refractivity contribution is 0.626. The first-order valence-electron chi connectivity index (χ1n) is 7.52. The molecule has 4 nitrogen and oxygen atoms in total. The highest BCUT2D eigenvalue weighted by Crippen LogP contribution is 2.28. The highest BCUT2D eigenvalue weighted by Gasteiger charge is 2.12. The van der Waals surface area contributed by atoms with Gasteiger partial charge in [-0.2, -0.15) is 5.10 Å². The number of thioether (sulfide) groups is 1. The first-order chi connectivity index (χ1) is 12.2. The Balaban J connectivity index is 1.66. The normalized spacial score (nSPS) is 11.1. The largest absolute Gasteiger partial charge is 0.229 e. The van der Waals surface area contributed by atoms with Gasteiger partial charge < -0.3 is 0 Å². The first kappa shape index (κ1) is 16.1. The number of hydrogen-bond donors (Lipinski definition) is 0. The molecule has 2 aromatic heterocycles. The molecule has 0 spiro atoms. The molecule has 0 N–H and O–H groups in total. The van der Waals surface area contributed by atoms with Crippen molar-refractivity contribution in [3.63, 3.8) is 0 Å². The molecule has 25 heavy (non-hydrogen) atoms. The van der Waals surface area contributed by atoms with Gasteiger partial charge >= 0.3 is 0 Å². The summed E-state index contributed by atoms with van der Waals surface area (Å²) in [7, 11) is 0. The van der Waals surface area contributed by atoms with Crippen LogP contribution in [0.4, 0.5) is 4.39 Å². The van der Waals surface area contributed by atoms with E-state index in [-0.39, 0.29) is 5.82 Å². The summed E-state index contributed by atoms with van der Waals surface area (Å²) in [6, 6.07) is 14.0. The molecule has 0 aliphatic rings. The molecule has 4 rings (SSSR count). The Hall–Kier alpha value is -2.44. The predicted molar refractivity (Wildman–Crippen MR) is 97.6 cm³/mol. The van der Waals surface area contributed by atoms with E-state index in [2.05, 4.69) is 15.1 Å². The van der Waals surface area contributed by atoms with Crippen molar-refractivity contribution in [2.75, 3.05) is 0 Å². The average Bonchev–Trinajstić information content (AvgIpc) is 3.05. The van der Waals surface area contributed by atoms with Crippen LogP contribution in [-0.2, 0) is 5.75 Å². The van der Waals surface area contributed by atoms with Crippen LogP contribution in [0.2, 0.25) is 5.02 Å². The minimum absolute atomic E-state index is 0.235. The maximum Gasteiger partial charge on any atom is 0.167 e. The minimum atomic E-state index is -0.235. The zero-order valence-corrected chi connectivity index (χ0v) is 14.5. The Morgan fingerprint density at radius 2 is 1.92 bits per heavy atom. The Labute approximate surface area is 152 Å². The summed E-state index contributed by atoms with van der Waals surface area (Å²) in [6.45, 7) is 0. The molecule has 0 saturated heterocycles. The fourth-order valence-electron chi connectivity index (χ4n) is 2.49. The van der Waals surface area contributed by atoms with Crippen molar-refractivity contribution in [3.8, 4) is 5.69 Å². The van der Waals surface area contributed by atoms with Crippen LogP contribution in [0.1, 0.15) is 5.56 Å². The van der Waals surface area contributed by atoms with Crippen molar-refractivity contribution in [3.05, 3.63) is 77.5 Å². The number of fused-ring (bicyclic) bond motifs is 1. The van der Waals surface area contributed by atoms with Crippen LogP contribution < -0.4 is 0 Å². The maximum atomic E-state index is 13.3. The Morgan fingerprint density at radius 3 is 2.72 bits per heavy atom. The monoisotopic (exact) mass is 370 g/mol. The first-order valence-corrected chi connectivity index (χ1v) is 8.89. The molecule has 0 saturated carbocycles. The summed E-state index contributed by atoms with van der Waals surface area (Å²) in [5, 5.41) is 6.76. The van der Waals surface area contributed by atoms with E-state index < -0.39 is 0 Å². The summed E-state index contributed by atoms with van der Waals surface area (Å²) >= 11 is 7.47. The Morgan fingerprint density at radius 1 is 1.08 bits per heavy atom. The van der Waals surface area contributed by atoms with Crippen molar-refractivity contribution in [1.82, 2.24) is 19.7 Å². The van der Waals surface area contributed by atoms with Crippen LogP contribution in [-0.4, -0.2) is 19.7 Å². The van der Waals surface area contributed by atoms with Crippen molar-refractivity contribution < 1.29 is 4.39 Å². The molecule has 2 heterocycles. The summed E-state index contributed by atoms with van der Waals surface area (Å²) in [6.07, 6.45) is 3.27. The molecular formula is C18H12ClFN4S. The number of hydrogen-bond acceptors (Lipinski definition) is 4. The SMILES string of the molecule is Fc1cccc(CSc2ncnc3c2cnn3-c2ccc(Cl)cc2)c1. The molecule has 2 aromatic carbocycles. The molecule has 7 heteroatoms. The van der Waals surface area contributed by atoms with Gasteiger partial charge in [-0.05, 0) is 42.0 Å². The number of benzene rings is 2. The third kappa shape index (κ3) is 3.36. The summed E-state index contributed by atoms with van der Waals surface area (Å²) < 4.78 is 15.1. The molecule has 124 valence electrons. The van der Waals surface area contributed by atoms with E-state index in [9.17, 15) is 4.39 Å². The lowest BCUT2D eigenvalue weighted by Gasteiger charge is -2.05. The van der Waals surface area contributed by atoms with Crippen molar-refractivity contribution in [1.29, 1.82) is 0 Å². The zero-order valence-electron chi connectivity index (χ0n) is 12.9. The van der Waals surface area contributed by atoms with E-state index in [1.807, 2.05) is 30.3 Å². The molecule has 0 fully saturated rings. The van der Waals surface area contributed by atoms with E-state index >= 15 is 0 Å². The van der Waals surface area contributed by atoms with E-state index in [1.165, 1.54) is 30.2 Å². The van der Waals surface area contributed by atoms with Gasteiger partial charge in [-0.15, -0.1) is 11.8 Å². The zero-order chi connectivity index (χ0) is 17.2. The predicted octanol–water partition coefficient (Wildman–Crippen LogP) is 4.90. The van der Waals surface area contributed by atoms with Crippen molar-refractivity contribution >= 4 is 34.4 Å². The van der Waals surface area contributed by atoms with Gasteiger partial charge in [0.05, 0.1) is 17.3 Å². The molecule has 0 amide bonds. The Bertz CT molecular complexity index is 1030. The number of rotatable bonds is 4. The standard InChI is InChI=1S/C18H12ClFN4S/c19-13-4-6-15(7-5-13)24-17-16(9-23-24)18(22-11-21-17)25-10-12-2-1-3-14(20)8-12/h1-9,11H,10H2. The smallest absolute Gasteiger partial charge is 0.167 e. The molecule has 0 aliphatic heterocycles. The van der Waals surface area contributed by atoms with Crippen LogP contribution in [0.3, 0.4) is 0 Å². The number of aromatic nitrogens is 4. The van der Waals surface area contributed by atoms with Crippen LogP contribution in [0, 0.1) is 5.82 Å². The topological polar surface area (TPSA) is 43.6 Å². The summed E-state index contributed by atoms with van der Waals surface area (Å²) in [5.41, 5.74) is 2.50. The van der Waals surface area contributed by atoms with Crippen LogP contribution >= 0.6 is 23.4 Å². The average molecular weight is 371 g/mol. The van der Waals surface area contributed by atoms with Gasteiger partial charge in [0.2, 0.25) is 0 Å². The molecule has 0 atom stereocenters. The van der Waals surface area contributed by atoms with Crippen LogP contribution in [0.25, 0.3) is 16.7 Å². The van der Waals surface area contributed by atoms with E-state index in [0.29, 0.717) is 10.8 Å². The summed E-state index contributed by atoms with van der Waals surface area (Å²) in [4.78, 5) is 8.70. The maximum absolute atomic E-state index is 13.3. The number of halogens is 2. The van der Waals surface area contributed by atoms with E-state index in [1.54, 1.807) is 16.9 Å². The fraction of sp³-hybridized carbons (Fsp3) is 0.0556. The van der Waals surface area contributed by atoms with Crippen LogP contribution in [0.15, 0.2) is 66.1 Å².